The van der Waals surface area contributed by atoms with Gasteiger partial charge in [0.1, 0.15) is 0 Å². The molecule has 4 aliphatic rings. The lowest BCUT2D eigenvalue weighted by Crippen LogP contribution is -2.60. The van der Waals surface area contributed by atoms with Gasteiger partial charge >= 0.3 is 0 Å². The van der Waals surface area contributed by atoms with Gasteiger partial charge in [-0.1, -0.05) is 30.3 Å². The maximum absolute atomic E-state index is 12.3. The lowest BCUT2D eigenvalue weighted by Gasteiger charge is -2.61. The fourth-order valence-electron chi connectivity index (χ4n) is 5.85. The predicted octanol–water partition coefficient (Wildman–Crippen LogP) is 3.37. The third-order valence-electron chi connectivity index (χ3n) is 6.93. The number of hydrogen-bond acceptors (Lipinski definition) is 3. The summed E-state index contributed by atoms with van der Waals surface area (Å²) in [7, 11) is 0. The van der Waals surface area contributed by atoms with Gasteiger partial charge in [-0.3, -0.25) is 9.59 Å². The van der Waals surface area contributed by atoms with Crippen LogP contribution in [0, 0.1) is 23.7 Å². The summed E-state index contributed by atoms with van der Waals surface area (Å²) in [5, 5.41) is 5.78. The molecule has 146 valence electrons. The molecule has 27 heavy (non-hydrogen) atoms. The summed E-state index contributed by atoms with van der Waals surface area (Å²) in [4.78, 5) is 23.3. The minimum Gasteiger partial charge on any atom is -0.353 e. The Bertz CT molecular complexity index is 663. The van der Waals surface area contributed by atoms with E-state index >= 15 is 0 Å². The van der Waals surface area contributed by atoms with Crippen molar-refractivity contribution in [1.29, 1.82) is 0 Å². The first-order chi connectivity index (χ1) is 13.0. The van der Waals surface area contributed by atoms with E-state index in [1.54, 1.807) is 0 Å². The van der Waals surface area contributed by atoms with Crippen molar-refractivity contribution in [3.05, 3.63) is 35.9 Å². The number of carbonyl (C=O) groups excluding carboxylic acids is 2. The van der Waals surface area contributed by atoms with Crippen LogP contribution in [0.5, 0.6) is 0 Å². The highest BCUT2D eigenvalue weighted by Gasteiger charge is 2.57. The quantitative estimate of drug-likeness (QED) is 0.755. The van der Waals surface area contributed by atoms with Gasteiger partial charge in [0.2, 0.25) is 11.8 Å². The molecule has 4 saturated carbocycles. The van der Waals surface area contributed by atoms with E-state index in [9.17, 15) is 9.59 Å². The number of carbonyl (C=O) groups is 2. The smallest absolute Gasteiger partial charge is 0.239 e. The third-order valence-corrected chi connectivity index (χ3v) is 8.76. The van der Waals surface area contributed by atoms with Gasteiger partial charge in [-0.25, -0.2) is 0 Å². The van der Waals surface area contributed by atoms with E-state index in [0.29, 0.717) is 11.8 Å². The molecule has 5 rings (SSSR count). The van der Waals surface area contributed by atoms with E-state index in [0.717, 1.165) is 24.1 Å². The summed E-state index contributed by atoms with van der Waals surface area (Å²) >= 11 is 2.08. The molecular weight excluding hydrogens is 356 g/mol. The van der Waals surface area contributed by atoms with Crippen LogP contribution in [-0.4, -0.2) is 29.7 Å². The average molecular weight is 387 g/mol. The van der Waals surface area contributed by atoms with Crippen LogP contribution >= 0.6 is 11.8 Å². The number of benzene rings is 1. The molecule has 4 fully saturated rings. The zero-order chi connectivity index (χ0) is 18.9. The molecule has 1 aromatic carbocycles. The molecule has 2 amide bonds. The molecule has 0 unspecified atom stereocenters. The number of thioether (sulfide) groups is 1. The molecule has 0 saturated heterocycles. The highest BCUT2D eigenvalue weighted by atomic mass is 32.2. The van der Waals surface area contributed by atoms with Crippen LogP contribution in [0.1, 0.15) is 44.6 Å². The summed E-state index contributed by atoms with van der Waals surface area (Å²) in [5.74, 6) is 4.02. The molecule has 0 heterocycles. The van der Waals surface area contributed by atoms with Crippen molar-refractivity contribution in [3.8, 4) is 0 Å². The Morgan fingerprint density at radius 3 is 2.22 bits per heavy atom. The Morgan fingerprint density at radius 2 is 1.63 bits per heavy atom. The molecule has 4 nitrogen and oxygen atoms in total. The largest absolute Gasteiger partial charge is 0.353 e. The molecule has 2 N–H and O–H groups in total. The number of rotatable bonds is 7. The molecule has 1 aromatic rings. The average Bonchev–Trinajstić information content (AvgIpc) is 2.66. The molecule has 0 atom stereocenters. The second kappa shape index (κ2) is 7.86. The maximum atomic E-state index is 12.3. The van der Waals surface area contributed by atoms with Crippen molar-refractivity contribution in [1.82, 2.24) is 10.6 Å². The van der Waals surface area contributed by atoms with Crippen molar-refractivity contribution >= 4 is 23.6 Å². The molecule has 0 spiro atoms. The van der Waals surface area contributed by atoms with E-state index < -0.39 is 0 Å². The van der Waals surface area contributed by atoms with Crippen molar-refractivity contribution in [2.24, 2.45) is 23.7 Å². The molecular formula is C22H30N2O2S. The fourth-order valence-corrected chi connectivity index (χ4v) is 7.51. The standard InChI is InChI=1S/C22H30N2O2S/c1-15(25)23-12-21(26)24-14-22(27-13-16-5-3-2-4-6-16)19-8-17-7-18(10-19)11-20(22)9-17/h2-6,17-20H,7-14H2,1H3,(H,23,25)(H,24,26). The molecule has 0 radical (unpaired) electrons. The normalized spacial score (nSPS) is 33.7. The Hall–Kier alpha value is -1.49. The van der Waals surface area contributed by atoms with E-state index in [4.69, 9.17) is 0 Å². The van der Waals surface area contributed by atoms with Crippen molar-refractivity contribution in [2.45, 2.75) is 49.5 Å². The lowest BCUT2D eigenvalue weighted by atomic mass is 9.51. The summed E-state index contributed by atoms with van der Waals surface area (Å²) in [6, 6.07) is 10.7. The van der Waals surface area contributed by atoms with Gasteiger partial charge in [-0.15, -0.1) is 11.8 Å². The second-order valence-electron chi connectivity index (χ2n) is 8.72. The first-order valence-electron chi connectivity index (χ1n) is 10.2. The van der Waals surface area contributed by atoms with Gasteiger partial charge in [0, 0.05) is 24.0 Å². The van der Waals surface area contributed by atoms with Crippen LogP contribution in [-0.2, 0) is 15.3 Å². The topological polar surface area (TPSA) is 58.2 Å². The number of nitrogens with one attached hydrogen (secondary N) is 2. The SMILES string of the molecule is CC(=O)NCC(=O)NCC1(SCc2ccccc2)C2CC3CC(C2)CC1C3. The predicted molar refractivity (Wildman–Crippen MR) is 109 cm³/mol. The van der Waals surface area contributed by atoms with Crippen LogP contribution in [0.15, 0.2) is 30.3 Å². The van der Waals surface area contributed by atoms with Crippen LogP contribution in [0.25, 0.3) is 0 Å². The number of amides is 2. The van der Waals surface area contributed by atoms with E-state index in [2.05, 4.69) is 52.7 Å². The summed E-state index contributed by atoms with van der Waals surface area (Å²) in [6.07, 6.45) is 6.75. The maximum Gasteiger partial charge on any atom is 0.239 e. The molecule has 5 heteroatoms. The zero-order valence-electron chi connectivity index (χ0n) is 16.1. The lowest BCUT2D eigenvalue weighted by molar-refractivity contribution is -0.125. The van der Waals surface area contributed by atoms with Crippen LogP contribution in [0.3, 0.4) is 0 Å². The Kier molecular flexibility index (Phi) is 5.49. The minimum absolute atomic E-state index is 0.0707. The molecule has 4 aliphatic carbocycles. The van der Waals surface area contributed by atoms with Crippen LogP contribution < -0.4 is 10.6 Å². The first kappa shape index (κ1) is 18.9. The van der Waals surface area contributed by atoms with Crippen LogP contribution in [0.4, 0.5) is 0 Å². The monoisotopic (exact) mass is 386 g/mol. The Labute approximate surface area is 166 Å². The van der Waals surface area contributed by atoms with E-state index in [-0.39, 0.29) is 23.1 Å². The van der Waals surface area contributed by atoms with Crippen molar-refractivity contribution in [3.63, 3.8) is 0 Å². The highest BCUT2D eigenvalue weighted by molar-refractivity contribution is 8.00. The van der Waals surface area contributed by atoms with Gasteiger partial charge in [0.05, 0.1) is 6.54 Å². The van der Waals surface area contributed by atoms with Crippen molar-refractivity contribution in [2.75, 3.05) is 13.1 Å². The van der Waals surface area contributed by atoms with Gasteiger partial charge < -0.3 is 10.6 Å². The Morgan fingerprint density at radius 1 is 1.00 bits per heavy atom. The van der Waals surface area contributed by atoms with Gasteiger partial charge in [-0.05, 0) is 61.3 Å². The second-order valence-corrected chi connectivity index (χ2v) is 10.1. The fraction of sp³-hybridized carbons (Fsp3) is 0.636. The molecule has 0 aromatic heterocycles. The highest BCUT2D eigenvalue weighted by Crippen LogP contribution is 2.62. The molecule has 4 bridgehead atoms. The van der Waals surface area contributed by atoms with E-state index in [1.165, 1.54) is 44.6 Å². The molecule has 0 aliphatic heterocycles. The minimum atomic E-state index is -0.159. The summed E-state index contributed by atoms with van der Waals surface area (Å²) in [5.41, 5.74) is 1.36. The first-order valence-corrected chi connectivity index (χ1v) is 11.2. The van der Waals surface area contributed by atoms with Gasteiger partial charge in [0.15, 0.2) is 0 Å². The van der Waals surface area contributed by atoms with E-state index in [1.807, 2.05) is 0 Å². The van der Waals surface area contributed by atoms with Crippen LogP contribution in [0.2, 0.25) is 0 Å². The zero-order valence-corrected chi connectivity index (χ0v) is 16.9. The Balaban J connectivity index is 1.47. The third kappa shape index (κ3) is 4.03. The summed E-state index contributed by atoms with van der Waals surface area (Å²) in [6.45, 7) is 2.26. The van der Waals surface area contributed by atoms with Crippen molar-refractivity contribution < 1.29 is 9.59 Å². The van der Waals surface area contributed by atoms with Gasteiger partial charge in [0.25, 0.3) is 0 Å². The van der Waals surface area contributed by atoms with Gasteiger partial charge in [-0.2, -0.15) is 0 Å². The summed E-state index contributed by atoms with van der Waals surface area (Å²) < 4.78 is 0.148. The number of hydrogen-bond donors (Lipinski definition) is 2.